The van der Waals surface area contributed by atoms with E-state index in [0.29, 0.717) is 36.9 Å². The van der Waals surface area contributed by atoms with Gasteiger partial charge < -0.3 is 14.2 Å². The first kappa shape index (κ1) is 26.0. The van der Waals surface area contributed by atoms with Crippen molar-refractivity contribution in [2.75, 3.05) is 6.61 Å². The zero-order valence-electron chi connectivity index (χ0n) is 20.4. The van der Waals surface area contributed by atoms with Gasteiger partial charge in [-0.2, -0.15) is 5.10 Å². The van der Waals surface area contributed by atoms with E-state index in [0.717, 1.165) is 26.9 Å². The maximum absolute atomic E-state index is 12.1. The molecule has 37 heavy (non-hydrogen) atoms. The fourth-order valence-corrected chi connectivity index (χ4v) is 3.68. The minimum Gasteiger partial charge on any atom is -0.490 e. The van der Waals surface area contributed by atoms with Crippen LogP contribution in [0.2, 0.25) is 0 Å². The van der Waals surface area contributed by atoms with E-state index in [9.17, 15) is 4.79 Å². The van der Waals surface area contributed by atoms with Gasteiger partial charge in [0.05, 0.1) is 12.8 Å². The zero-order valence-corrected chi connectivity index (χ0v) is 22.0. The lowest BCUT2D eigenvalue weighted by Crippen LogP contribution is -2.17. The molecule has 0 aliphatic heterocycles. The van der Waals surface area contributed by atoms with Gasteiger partial charge in [0.25, 0.3) is 5.91 Å². The first-order valence-electron chi connectivity index (χ1n) is 11.8. The Bertz CT molecular complexity index is 1320. The molecule has 0 spiro atoms. The second-order valence-corrected chi connectivity index (χ2v) is 8.97. The summed E-state index contributed by atoms with van der Waals surface area (Å²) in [5, 5.41) is 4.03. The maximum Gasteiger partial charge on any atom is 0.271 e. The van der Waals surface area contributed by atoms with Gasteiger partial charge in [0.1, 0.15) is 19.0 Å². The van der Waals surface area contributed by atoms with Crippen molar-refractivity contribution in [3.05, 3.63) is 124 Å². The average Bonchev–Trinajstić information content (AvgIpc) is 2.93. The number of hydrazone groups is 1. The summed E-state index contributed by atoms with van der Waals surface area (Å²) in [6, 6.07) is 30.4. The van der Waals surface area contributed by atoms with Gasteiger partial charge in [0.15, 0.2) is 11.5 Å². The molecule has 6 nitrogen and oxygen atoms in total. The van der Waals surface area contributed by atoms with Crippen LogP contribution in [0.4, 0.5) is 0 Å². The predicted molar refractivity (Wildman–Crippen MR) is 148 cm³/mol. The van der Waals surface area contributed by atoms with Crippen molar-refractivity contribution in [2.24, 2.45) is 5.10 Å². The molecule has 1 N–H and O–H groups in total. The number of nitrogens with zero attached hydrogens (tertiary/aromatic N) is 1. The number of ether oxygens (including phenoxy) is 3. The van der Waals surface area contributed by atoms with Crippen molar-refractivity contribution in [2.45, 2.75) is 20.1 Å². The summed E-state index contributed by atoms with van der Waals surface area (Å²) in [4.78, 5) is 12.1. The van der Waals surface area contributed by atoms with E-state index < -0.39 is 0 Å². The van der Waals surface area contributed by atoms with Gasteiger partial charge in [0, 0.05) is 10.0 Å². The Hall–Kier alpha value is -4.10. The van der Waals surface area contributed by atoms with Gasteiger partial charge in [-0.05, 0) is 84.3 Å². The maximum atomic E-state index is 12.1. The molecule has 1 amide bonds. The molecular formula is C30H27BrN2O4. The van der Waals surface area contributed by atoms with Crippen LogP contribution >= 0.6 is 15.9 Å². The molecule has 0 saturated heterocycles. The van der Waals surface area contributed by atoms with Crippen molar-refractivity contribution in [3.63, 3.8) is 0 Å². The molecule has 0 aromatic heterocycles. The summed E-state index contributed by atoms with van der Waals surface area (Å²) in [5.74, 6) is 1.84. The van der Waals surface area contributed by atoms with Crippen molar-refractivity contribution >= 4 is 28.1 Å². The Morgan fingerprint density at radius 2 is 1.54 bits per heavy atom. The third kappa shape index (κ3) is 7.95. The highest BCUT2D eigenvalue weighted by Gasteiger charge is 2.08. The Morgan fingerprint density at radius 3 is 2.27 bits per heavy atom. The van der Waals surface area contributed by atoms with Crippen LogP contribution in [-0.4, -0.2) is 18.7 Å². The Balaban J connectivity index is 1.29. The third-order valence-corrected chi connectivity index (χ3v) is 5.85. The predicted octanol–water partition coefficient (Wildman–Crippen LogP) is 6.77. The molecule has 188 valence electrons. The smallest absolute Gasteiger partial charge is 0.271 e. The number of rotatable bonds is 11. The summed E-state index contributed by atoms with van der Waals surface area (Å²) in [6.07, 6.45) is 1.59. The third-order valence-electron chi connectivity index (χ3n) is 5.32. The minimum absolute atomic E-state index is 0.272. The zero-order chi connectivity index (χ0) is 25.9. The van der Waals surface area contributed by atoms with Gasteiger partial charge in [-0.25, -0.2) is 5.43 Å². The van der Waals surface area contributed by atoms with Gasteiger partial charge >= 0.3 is 0 Å². The first-order chi connectivity index (χ1) is 18.1. The molecule has 0 unspecified atom stereocenters. The number of nitrogens with one attached hydrogen (secondary N) is 1. The number of amides is 1. The normalized spacial score (nSPS) is 10.8. The van der Waals surface area contributed by atoms with E-state index in [2.05, 4.69) is 26.5 Å². The van der Waals surface area contributed by atoms with Crippen molar-refractivity contribution in [1.82, 2.24) is 5.43 Å². The Morgan fingerprint density at radius 1 is 0.811 bits per heavy atom. The van der Waals surface area contributed by atoms with Crippen molar-refractivity contribution in [1.29, 1.82) is 0 Å². The number of benzene rings is 4. The van der Waals surface area contributed by atoms with Crippen LogP contribution in [0.1, 0.15) is 34.0 Å². The molecule has 4 aromatic rings. The summed E-state index contributed by atoms with van der Waals surface area (Å²) in [7, 11) is 0. The largest absolute Gasteiger partial charge is 0.490 e. The lowest BCUT2D eigenvalue weighted by Gasteiger charge is -2.14. The SMILES string of the molecule is CCOc1cc(COc2ccc(/C=N/NC(=O)c3ccc(Br)cc3)cc2)ccc1OCc1ccccc1. The number of carbonyl (C=O) groups excluding carboxylic acids is 1. The molecular weight excluding hydrogens is 532 g/mol. The lowest BCUT2D eigenvalue weighted by atomic mass is 10.2. The van der Waals surface area contributed by atoms with Gasteiger partial charge in [-0.1, -0.05) is 52.3 Å². The van der Waals surface area contributed by atoms with E-state index in [1.807, 2.05) is 91.9 Å². The molecule has 0 heterocycles. The fourth-order valence-electron chi connectivity index (χ4n) is 3.41. The Labute approximate surface area is 225 Å². The first-order valence-corrected chi connectivity index (χ1v) is 12.6. The van der Waals surface area contributed by atoms with E-state index >= 15 is 0 Å². The van der Waals surface area contributed by atoms with Crippen LogP contribution in [0.25, 0.3) is 0 Å². The molecule has 4 aromatic carbocycles. The summed E-state index contributed by atoms with van der Waals surface area (Å²) < 4.78 is 18.6. The number of halogens is 1. The lowest BCUT2D eigenvalue weighted by molar-refractivity contribution is 0.0955. The number of hydrogen-bond acceptors (Lipinski definition) is 5. The monoisotopic (exact) mass is 558 g/mol. The fraction of sp³-hybridized carbons (Fsp3) is 0.133. The topological polar surface area (TPSA) is 69.2 Å². The second-order valence-electron chi connectivity index (χ2n) is 8.05. The highest BCUT2D eigenvalue weighted by Crippen LogP contribution is 2.30. The molecule has 0 radical (unpaired) electrons. The summed E-state index contributed by atoms with van der Waals surface area (Å²) in [5.41, 5.74) is 5.96. The van der Waals surface area contributed by atoms with E-state index in [1.54, 1.807) is 18.3 Å². The van der Waals surface area contributed by atoms with Gasteiger partial charge in [-0.15, -0.1) is 0 Å². The van der Waals surface area contributed by atoms with E-state index in [-0.39, 0.29) is 5.91 Å². The van der Waals surface area contributed by atoms with Crippen LogP contribution < -0.4 is 19.6 Å². The molecule has 0 saturated carbocycles. The molecule has 4 rings (SSSR count). The van der Waals surface area contributed by atoms with Crippen LogP contribution in [0.3, 0.4) is 0 Å². The Kier molecular flexibility index (Phi) is 9.32. The summed E-state index contributed by atoms with van der Waals surface area (Å²) in [6.45, 7) is 3.34. The van der Waals surface area contributed by atoms with Crippen molar-refractivity contribution in [3.8, 4) is 17.2 Å². The summed E-state index contributed by atoms with van der Waals surface area (Å²) >= 11 is 3.35. The second kappa shape index (κ2) is 13.3. The van der Waals surface area contributed by atoms with Crippen LogP contribution in [0.5, 0.6) is 17.2 Å². The average molecular weight is 559 g/mol. The van der Waals surface area contributed by atoms with Crippen LogP contribution in [0, 0.1) is 0 Å². The number of hydrogen-bond donors (Lipinski definition) is 1. The number of carbonyl (C=O) groups is 1. The molecule has 0 atom stereocenters. The molecule has 0 aliphatic rings. The van der Waals surface area contributed by atoms with Gasteiger partial charge in [0.2, 0.25) is 0 Å². The molecule has 7 heteroatoms. The van der Waals surface area contributed by atoms with Crippen LogP contribution in [0.15, 0.2) is 107 Å². The highest BCUT2D eigenvalue weighted by molar-refractivity contribution is 9.10. The highest BCUT2D eigenvalue weighted by atomic mass is 79.9. The standard InChI is InChI=1S/C30H27BrN2O4/c1-2-35-29-18-24(10-17-28(29)37-20-23-6-4-3-5-7-23)21-36-27-15-8-22(9-16-27)19-32-33-30(34)25-11-13-26(31)14-12-25/h3-19H,2,20-21H2,1H3,(H,33,34)/b32-19+. The van der Waals surface area contributed by atoms with Crippen molar-refractivity contribution < 1.29 is 19.0 Å². The van der Waals surface area contributed by atoms with E-state index in [1.165, 1.54) is 0 Å². The molecule has 0 fully saturated rings. The minimum atomic E-state index is -0.272. The van der Waals surface area contributed by atoms with Gasteiger partial charge in [-0.3, -0.25) is 4.79 Å². The molecule has 0 aliphatic carbocycles. The quantitative estimate of drug-likeness (QED) is 0.163. The van der Waals surface area contributed by atoms with E-state index in [4.69, 9.17) is 14.2 Å². The van der Waals surface area contributed by atoms with Crippen LogP contribution in [-0.2, 0) is 13.2 Å². The molecule has 0 bridgehead atoms.